The first-order valence-corrected chi connectivity index (χ1v) is 5.27. The van der Waals surface area contributed by atoms with Gasteiger partial charge in [-0.1, -0.05) is 18.2 Å². The number of aliphatic hydroxyl groups is 1. The number of fused-ring (bicyclic) bond motifs is 1. The predicted octanol–water partition coefficient (Wildman–Crippen LogP) is 0.853. The molecule has 6 heteroatoms. The van der Waals surface area contributed by atoms with Crippen LogP contribution >= 0.6 is 0 Å². The first-order valence-electron chi connectivity index (χ1n) is 5.27. The number of benzene rings is 1. The average Bonchev–Trinajstić information content (AvgIpc) is 2.71. The van der Waals surface area contributed by atoms with Crippen LogP contribution in [0.2, 0.25) is 0 Å². The van der Waals surface area contributed by atoms with E-state index < -0.39 is 11.1 Å². The monoisotopic (exact) mass is 235 g/mol. The van der Waals surface area contributed by atoms with Gasteiger partial charge in [-0.25, -0.2) is 10.1 Å². The predicted molar refractivity (Wildman–Crippen MR) is 63.0 cm³/mol. The number of aliphatic hydroxyl groups excluding tert-OH is 1. The van der Waals surface area contributed by atoms with Crippen LogP contribution in [0.25, 0.3) is 10.9 Å². The number of hydrogen-bond acceptors (Lipinski definition) is 3. The SMILES string of the molecule is O=[N+]([O-])N[C@H](CO)Cc1c[nH]c2ccccc12. The first-order chi connectivity index (χ1) is 8.20. The lowest BCUT2D eigenvalue weighted by Gasteiger charge is -2.09. The maximum Gasteiger partial charge on any atom is 0.157 e. The van der Waals surface area contributed by atoms with Gasteiger partial charge >= 0.3 is 0 Å². The number of nitro groups is 1. The number of rotatable bonds is 5. The molecule has 0 radical (unpaired) electrons. The molecule has 1 aromatic carbocycles. The fourth-order valence-corrected chi connectivity index (χ4v) is 1.87. The van der Waals surface area contributed by atoms with Crippen molar-refractivity contribution in [3.8, 4) is 0 Å². The van der Waals surface area contributed by atoms with Crippen LogP contribution in [-0.4, -0.2) is 27.8 Å². The van der Waals surface area contributed by atoms with Crippen LogP contribution in [0, 0.1) is 10.1 Å². The summed E-state index contributed by atoms with van der Waals surface area (Å²) in [4.78, 5) is 13.4. The lowest BCUT2D eigenvalue weighted by atomic mass is 10.1. The number of hydrazine groups is 1. The highest BCUT2D eigenvalue weighted by molar-refractivity contribution is 5.83. The van der Waals surface area contributed by atoms with Gasteiger partial charge in [-0.3, -0.25) is 0 Å². The fraction of sp³-hybridized carbons (Fsp3) is 0.273. The third kappa shape index (κ3) is 2.54. The summed E-state index contributed by atoms with van der Waals surface area (Å²) in [5, 5.41) is 19.8. The van der Waals surface area contributed by atoms with E-state index in [9.17, 15) is 10.1 Å². The van der Waals surface area contributed by atoms with E-state index in [4.69, 9.17) is 5.11 Å². The summed E-state index contributed by atoms with van der Waals surface area (Å²) < 4.78 is 0. The van der Waals surface area contributed by atoms with Crippen molar-refractivity contribution in [1.29, 1.82) is 0 Å². The van der Waals surface area contributed by atoms with Gasteiger partial charge in [0.1, 0.15) is 6.04 Å². The zero-order valence-electron chi connectivity index (χ0n) is 9.09. The van der Waals surface area contributed by atoms with Crippen molar-refractivity contribution in [3.63, 3.8) is 0 Å². The largest absolute Gasteiger partial charge is 0.394 e. The molecule has 2 rings (SSSR count). The molecule has 1 heterocycles. The molecular weight excluding hydrogens is 222 g/mol. The molecule has 0 amide bonds. The van der Waals surface area contributed by atoms with Crippen molar-refractivity contribution in [2.24, 2.45) is 0 Å². The van der Waals surface area contributed by atoms with Gasteiger partial charge in [0.15, 0.2) is 5.03 Å². The van der Waals surface area contributed by atoms with Gasteiger partial charge in [-0.2, -0.15) is 0 Å². The highest BCUT2D eigenvalue weighted by Gasteiger charge is 2.15. The second-order valence-corrected chi connectivity index (χ2v) is 3.83. The van der Waals surface area contributed by atoms with Crippen molar-refractivity contribution in [3.05, 3.63) is 46.1 Å². The molecule has 2 aromatic rings. The highest BCUT2D eigenvalue weighted by atomic mass is 16.7. The molecule has 0 aliphatic rings. The van der Waals surface area contributed by atoms with Gasteiger partial charge < -0.3 is 10.1 Å². The Hall–Kier alpha value is -2.08. The van der Waals surface area contributed by atoms with Crippen LogP contribution in [0.5, 0.6) is 0 Å². The second kappa shape index (κ2) is 4.84. The van der Waals surface area contributed by atoms with Crippen LogP contribution in [0.15, 0.2) is 30.5 Å². The summed E-state index contributed by atoms with van der Waals surface area (Å²) >= 11 is 0. The Morgan fingerprint density at radius 2 is 2.24 bits per heavy atom. The smallest absolute Gasteiger partial charge is 0.157 e. The third-order valence-corrected chi connectivity index (χ3v) is 2.65. The van der Waals surface area contributed by atoms with Crippen molar-refractivity contribution >= 4 is 10.9 Å². The van der Waals surface area contributed by atoms with Crippen molar-refractivity contribution in [2.45, 2.75) is 12.5 Å². The van der Waals surface area contributed by atoms with E-state index in [0.29, 0.717) is 6.42 Å². The van der Waals surface area contributed by atoms with Gasteiger partial charge in [-0.05, 0) is 11.6 Å². The van der Waals surface area contributed by atoms with E-state index in [1.807, 2.05) is 30.5 Å². The first kappa shape index (κ1) is 11.4. The number of para-hydroxylation sites is 1. The number of nitrogens with zero attached hydrogens (tertiary/aromatic N) is 1. The van der Waals surface area contributed by atoms with Gasteiger partial charge in [-0.15, -0.1) is 5.43 Å². The van der Waals surface area contributed by atoms with E-state index in [1.165, 1.54) is 0 Å². The Morgan fingerprint density at radius 1 is 1.47 bits per heavy atom. The topological polar surface area (TPSA) is 91.2 Å². The van der Waals surface area contributed by atoms with Gasteiger partial charge in [0, 0.05) is 23.5 Å². The molecule has 0 unspecified atom stereocenters. The molecule has 0 saturated heterocycles. The average molecular weight is 235 g/mol. The molecule has 0 saturated carbocycles. The van der Waals surface area contributed by atoms with Gasteiger partial charge in [0.05, 0.1) is 6.61 Å². The maximum absolute atomic E-state index is 10.3. The number of aromatic nitrogens is 1. The summed E-state index contributed by atoms with van der Waals surface area (Å²) in [5.41, 5.74) is 4.03. The summed E-state index contributed by atoms with van der Waals surface area (Å²) in [6.07, 6.45) is 2.22. The minimum absolute atomic E-state index is 0.277. The third-order valence-electron chi connectivity index (χ3n) is 2.65. The molecule has 0 bridgehead atoms. The number of nitrogens with one attached hydrogen (secondary N) is 2. The minimum atomic E-state index is -0.629. The maximum atomic E-state index is 10.3. The summed E-state index contributed by atoms with van der Waals surface area (Å²) in [6.45, 7) is -0.277. The zero-order chi connectivity index (χ0) is 12.3. The fourth-order valence-electron chi connectivity index (χ4n) is 1.87. The summed E-state index contributed by atoms with van der Waals surface area (Å²) in [5.74, 6) is 0. The second-order valence-electron chi connectivity index (χ2n) is 3.83. The van der Waals surface area contributed by atoms with E-state index in [1.54, 1.807) is 0 Å². The quantitative estimate of drug-likeness (QED) is 0.529. The van der Waals surface area contributed by atoms with Gasteiger partial charge in [0.25, 0.3) is 0 Å². The van der Waals surface area contributed by atoms with Crippen molar-refractivity contribution in [1.82, 2.24) is 10.4 Å². The molecular formula is C11H13N3O3. The van der Waals surface area contributed by atoms with Crippen LogP contribution < -0.4 is 5.43 Å². The Bertz CT molecular complexity index is 523. The molecule has 1 atom stereocenters. The molecule has 1 aromatic heterocycles. The molecule has 0 aliphatic carbocycles. The van der Waals surface area contributed by atoms with Crippen molar-refractivity contribution in [2.75, 3.05) is 6.61 Å². The number of hydrogen-bond donors (Lipinski definition) is 3. The van der Waals surface area contributed by atoms with E-state index in [0.717, 1.165) is 16.5 Å². The Labute approximate surface area is 97.4 Å². The number of aromatic amines is 1. The van der Waals surface area contributed by atoms with E-state index in [-0.39, 0.29) is 6.61 Å². The van der Waals surface area contributed by atoms with E-state index >= 15 is 0 Å². The minimum Gasteiger partial charge on any atom is -0.394 e. The summed E-state index contributed by atoms with van der Waals surface area (Å²) in [7, 11) is 0. The molecule has 3 N–H and O–H groups in total. The van der Waals surface area contributed by atoms with Crippen LogP contribution in [0.4, 0.5) is 0 Å². The molecule has 90 valence electrons. The Kier molecular flexibility index (Phi) is 3.24. The van der Waals surface area contributed by atoms with Crippen molar-refractivity contribution < 1.29 is 10.1 Å². The lowest BCUT2D eigenvalue weighted by molar-refractivity contribution is -0.551. The molecule has 6 nitrogen and oxygen atoms in total. The zero-order valence-corrected chi connectivity index (χ0v) is 9.09. The highest BCUT2D eigenvalue weighted by Crippen LogP contribution is 2.18. The van der Waals surface area contributed by atoms with Crippen LogP contribution in [-0.2, 0) is 6.42 Å². The van der Waals surface area contributed by atoms with Crippen LogP contribution in [0.1, 0.15) is 5.56 Å². The normalized spacial score (nSPS) is 12.5. The van der Waals surface area contributed by atoms with Gasteiger partial charge in [0.2, 0.25) is 0 Å². The lowest BCUT2D eigenvalue weighted by Crippen LogP contribution is -2.38. The Balaban J connectivity index is 2.19. The molecule has 0 aliphatic heterocycles. The standard InChI is InChI=1S/C11H13N3O3/c15-7-9(13-14(16)17)5-8-6-12-11-4-2-1-3-10(8)11/h1-4,6,9,12-13,15H,5,7H2/t9-/m0/s1. The number of H-pyrrole nitrogens is 1. The molecule has 0 spiro atoms. The molecule has 17 heavy (non-hydrogen) atoms. The summed E-state index contributed by atoms with van der Waals surface area (Å²) in [6, 6.07) is 7.13. The van der Waals surface area contributed by atoms with E-state index in [2.05, 4.69) is 10.4 Å². The van der Waals surface area contributed by atoms with Crippen LogP contribution in [0.3, 0.4) is 0 Å². The molecule has 0 fully saturated rings. The Morgan fingerprint density at radius 3 is 2.94 bits per heavy atom.